The highest BCUT2D eigenvalue weighted by atomic mass is 16.5. The predicted octanol–water partition coefficient (Wildman–Crippen LogP) is 3.09. The number of ether oxygens (including phenoxy) is 1. The summed E-state index contributed by atoms with van der Waals surface area (Å²) in [5.41, 5.74) is 1.55. The summed E-state index contributed by atoms with van der Waals surface area (Å²) in [5, 5.41) is 3.00. The maximum atomic E-state index is 12.0. The van der Waals surface area contributed by atoms with Crippen LogP contribution in [0.2, 0.25) is 0 Å². The molecule has 0 unspecified atom stereocenters. The average Bonchev–Trinajstić information content (AvgIpc) is 2.50. The van der Waals surface area contributed by atoms with E-state index in [1.165, 1.54) is 6.42 Å². The highest BCUT2D eigenvalue weighted by molar-refractivity contribution is 5.91. The number of aryl methyl sites for hydroxylation is 1. The van der Waals surface area contributed by atoms with E-state index in [0.29, 0.717) is 17.4 Å². The van der Waals surface area contributed by atoms with Gasteiger partial charge in [0, 0.05) is 6.04 Å². The summed E-state index contributed by atoms with van der Waals surface area (Å²) in [6.45, 7) is 6.13. The first-order chi connectivity index (χ1) is 10.5. The van der Waals surface area contributed by atoms with Gasteiger partial charge in [0.15, 0.2) is 6.61 Å². The Morgan fingerprint density at radius 2 is 1.86 bits per heavy atom. The molecule has 1 aliphatic carbocycles. The van der Waals surface area contributed by atoms with Crippen molar-refractivity contribution < 1.29 is 14.3 Å². The Morgan fingerprint density at radius 3 is 2.55 bits per heavy atom. The number of amides is 1. The van der Waals surface area contributed by atoms with Crippen LogP contribution in [0.15, 0.2) is 24.3 Å². The fourth-order valence-corrected chi connectivity index (χ4v) is 2.94. The normalized spacial score (nSPS) is 24.6. The molecular formula is C18H25NO3. The first-order valence-corrected chi connectivity index (χ1v) is 8.00. The van der Waals surface area contributed by atoms with Crippen LogP contribution in [0.1, 0.15) is 49.0 Å². The smallest absolute Gasteiger partial charge is 0.338 e. The van der Waals surface area contributed by atoms with Gasteiger partial charge in [-0.3, -0.25) is 4.79 Å². The largest absolute Gasteiger partial charge is 0.452 e. The molecule has 4 nitrogen and oxygen atoms in total. The van der Waals surface area contributed by atoms with Crippen LogP contribution in [-0.4, -0.2) is 24.5 Å². The molecule has 2 rings (SSSR count). The second kappa shape index (κ2) is 7.43. The van der Waals surface area contributed by atoms with Crippen molar-refractivity contribution in [2.24, 2.45) is 11.8 Å². The van der Waals surface area contributed by atoms with E-state index in [1.54, 1.807) is 12.1 Å². The van der Waals surface area contributed by atoms with E-state index >= 15 is 0 Å². The maximum absolute atomic E-state index is 12.0. The number of nitrogens with one attached hydrogen (secondary N) is 1. The third kappa shape index (κ3) is 4.33. The predicted molar refractivity (Wildman–Crippen MR) is 85.6 cm³/mol. The van der Waals surface area contributed by atoms with Crippen LogP contribution in [0.5, 0.6) is 0 Å². The van der Waals surface area contributed by atoms with Crippen molar-refractivity contribution in [1.29, 1.82) is 0 Å². The molecule has 0 aliphatic heterocycles. The minimum atomic E-state index is -0.458. The van der Waals surface area contributed by atoms with Crippen molar-refractivity contribution in [1.82, 2.24) is 5.32 Å². The topological polar surface area (TPSA) is 55.4 Å². The summed E-state index contributed by atoms with van der Waals surface area (Å²) in [6.07, 6.45) is 3.36. The fourth-order valence-electron chi connectivity index (χ4n) is 2.94. The molecule has 4 heteroatoms. The van der Waals surface area contributed by atoms with Gasteiger partial charge in [-0.25, -0.2) is 4.79 Å². The van der Waals surface area contributed by atoms with Gasteiger partial charge in [-0.05, 0) is 37.3 Å². The van der Waals surface area contributed by atoms with Gasteiger partial charge in [0.05, 0.1) is 5.56 Å². The molecule has 1 aromatic carbocycles. The number of hydrogen-bond acceptors (Lipinski definition) is 3. The number of rotatable bonds is 4. The Balaban J connectivity index is 1.80. The van der Waals surface area contributed by atoms with Crippen molar-refractivity contribution in [3.63, 3.8) is 0 Å². The SMILES string of the molecule is Cc1ccc(C(=O)OCC(=O)N[C@@H]2CCC[C@H](C)[C@@H]2C)cc1. The molecule has 0 radical (unpaired) electrons. The van der Waals surface area contributed by atoms with Gasteiger partial charge in [0.25, 0.3) is 5.91 Å². The van der Waals surface area contributed by atoms with Gasteiger partial charge in [-0.15, -0.1) is 0 Å². The van der Waals surface area contributed by atoms with Crippen LogP contribution in [0.25, 0.3) is 0 Å². The molecule has 0 bridgehead atoms. The molecule has 3 atom stereocenters. The van der Waals surface area contributed by atoms with Crippen molar-refractivity contribution >= 4 is 11.9 Å². The zero-order valence-electron chi connectivity index (χ0n) is 13.6. The van der Waals surface area contributed by atoms with Gasteiger partial charge in [-0.2, -0.15) is 0 Å². The summed E-state index contributed by atoms with van der Waals surface area (Å²) in [7, 11) is 0. The van der Waals surface area contributed by atoms with Crippen molar-refractivity contribution in [2.45, 2.75) is 46.1 Å². The number of carbonyl (C=O) groups excluding carboxylic acids is 2. The summed E-state index contributed by atoms with van der Waals surface area (Å²) < 4.78 is 5.08. The number of benzene rings is 1. The van der Waals surface area contributed by atoms with Gasteiger partial charge >= 0.3 is 5.97 Å². The lowest BCUT2D eigenvalue weighted by Crippen LogP contribution is -2.45. The second-order valence-electron chi connectivity index (χ2n) is 6.38. The molecule has 0 saturated heterocycles. The van der Waals surface area contributed by atoms with Crippen LogP contribution < -0.4 is 5.32 Å². The van der Waals surface area contributed by atoms with Gasteiger partial charge in [0.1, 0.15) is 0 Å². The zero-order valence-corrected chi connectivity index (χ0v) is 13.6. The minimum Gasteiger partial charge on any atom is -0.452 e. The molecule has 1 fully saturated rings. The van der Waals surface area contributed by atoms with E-state index < -0.39 is 5.97 Å². The van der Waals surface area contributed by atoms with Crippen molar-refractivity contribution in [3.05, 3.63) is 35.4 Å². The standard InChI is InChI=1S/C18H25NO3/c1-12-7-9-15(10-8-12)18(21)22-11-17(20)19-16-6-4-5-13(2)14(16)3/h7-10,13-14,16H,4-6,11H2,1-3H3,(H,19,20)/t13-,14-,16+/m0/s1. The van der Waals surface area contributed by atoms with E-state index in [1.807, 2.05) is 19.1 Å². The molecule has 0 heterocycles. The van der Waals surface area contributed by atoms with E-state index in [-0.39, 0.29) is 18.6 Å². The highest BCUT2D eigenvalue weighted by Crippen LogP contribution is 2.29. The average molecular weight is 303 g/mol. The lowest BCUT2D eigenvalue weighted by molar-refractivity contribution is -0.125. The highest BCUT2D eigenvalue weighted by Gasteiger charge is 2.28. The van der Waals surface area contributed by atoms with Gasteiger partial charge in [0.2, 0.25) is 0 Å². The fraction of sp³-hybridized carbons (Fsp3) is 0.556. The van der Waals surface area contributed by atoms with E-state index in [0.717, 1.165) is 18.4 Å². The Hall–Kier alpha value is -1.84. The van der Waals surface area contributed by atoms with Crippen molar-refractivity contribution in [3.8, 4) is 0 Å². The van der Waals surface area contributed by atoms with Crippen LogP contribution in [0.3, 0.4) is 0 Å². The molecule has 120 valence electrons. The van der Waals surface area contributed by atoms with Crippen LogP contribution in [0.4, 0.5) is 0 Å². The van der Waals surface area contributed by atoms with E-state index in [2.05, 4.69) is 19.2 Å². The van der Waals surface area contributed by atoms with E-state index in [4.69, 9.17) is 4.74 Å². The van der Waals surface area contributed by atoms with Crippen LogP contribution in [0, 0.1) is 18.8 Å². The van der Waals surface area contributed by atoms with Gasteiger partial charge in [-0.1, -0.05) is 44.4 Å². The van der Waals surface area contributed by atoms with Crippen molar-refractivity contribution in [2.75, 3.05) is 6.61 Å². The third-order valence-electron chi connectivity index (χ3n) is 4.67. The third-order valence-corrected chi connectivity index (χ3v) is 4.67. The second-order valence-corrected chi connectivity index (χ2v) is 6.38. The molecule has 1 amide bonds. The lowest BCUT2D eigenvalue weighted by Gasteiger charge is -2.34. The summed E-state index contributed by atoms with van der Waals surface area (Å²) >= 11 is 0. The molecule has 1 N–H and O–H groups in total. The first-order valence-electron chi connectivity index (χ1n) is 8.00. The molecule has 1 aliphatic rings. The molecule has 1 saturated carbocycles. The van der Waals surface area contributed by atoms with E-state index in [9.17, 15) is 9.59 Å². The quantitative estimate of drug-likeness (QED) is 0.870. The monoisotopic (exact) mass is 303 g/mol. The first kappa shape index (κ1) is 16.5. The number of esters is 1. The van der Waals surface area contributed by atoms with Crippen LogP contribution >= 0.6 is 0 Å². The minimum absolute atomic E-state index is 0.189. The molecule has 1 aromatic rings. The Morgan fingerprint density at radius 1 is 1.18 bits per heavy atom. The molecule has 22 heavy (non-hydrogen) atoms. The molecule has 0 aromatic heterocycles. The van der Waals surface area contributed by atoms with Gasteiger partial charge < -0.3 is 10.1 Å². The Bertz CT molecular complexity index is 524. The maximum Gasteiger partial charge on any atom is 0.338 e. The Labute approximate surface area is 132 Å². The summed E-state index contributed by atoms with van der Waals surface area (Å²) in [4.78, 5) is 23.8. The number of hydrogen-bond donors (Lipinski definition) is 1. The Kier molecular flexibility index (Phi) is 5.58. The molecular weight excluding hydrogens is 278 g/mol. The zero-order chi connectivity index (χ0) is 16.1. The summed E-state index contributed by atoms with van der Waals surface area (Å²) in [6, 6.07) is 7.30. The molecule has 0 spiro atoms. The lowest BCUT2D eigenvalue weighted by atomic mass is 9.78. The summed E-state index contributed by atoms with van der Waals surface area (Å²) in [5.74, 6) is 0.409. The number of carbonyl (C=O) groups is 2. The van der Waals surface area contributed by atoms with Crippen LogP contribution in [-0.2, 0) is 9.53 Å².